The van der Waals surface area contributed by atoms with E-state index in [0.29, 0.717) is 92.8 Å². The fourth-order valence-corrected chi connectivity index (χ4v) is 12.2. The van der Waals surface area contributed by atoms with Gasteiger partial charge in [0.1, 0.15) is 34.3 Å². The number of hydrogen-bond donors (Lipinski definition) is 5. The molecule has 2 atom stereocenters. The van der Waals surface area contributed by atoms with Crippen LogP contribution in [-0.4, -0.2) is 99.8 Å². The summed E-state index contributed by atoms with van der Waals surface area (Å²) in [5.41, 5.74) is 8.38. The Morgan fingerprint density at radius 1 is 0.575 bits per heavy atom. The van der Waals surface area contributed by atoms with Crippen LogP contribution in [-0.2, 0) is 9.53 Å². The average molecular weight is 1190 g/mol. The molecule has 456 valence electrons. The lowest BCUT2D eigenvalue weighted by atomic mass is 9.84. The van der Waals surface area contributed by atoms with Gasteiger partial charge in [-0.3, -0.25) is 24.0 Å². The molecule has 2 aliphatic rings. The highest BCUT2D eigenvalue weighted by molar-refractivity contribution is 6.14. The van der Waals surface area contributed by atoms with E-state index in [4.69, 9.17) is 13.6 Å². The molecule has 10 rings (SSSR count). The van der Waals surface area contributed by atoms with Crippen molar-refractivity contribution >= 4 is 62.9 Å². The van der Waals surface area contributed by atoms with Crippen LogP contribution in [0.15, 0.2) is 130 Å². The molecule has 5 N–H and O–H groups in total. The number of carbonyl (C=O) groups is 5. The van der Waals surface area contributed by atoms with E-state index in [1.807, 2.05) is 60.7 Å². The number of benzene rings is 6. The van der Waals surface area contributed by atoms with Crippen LogP contribution in [0, 0.1) is 17.6 Å². The molecule has 2 aliphatic carbocycles. The maximum Gasteiger partial charge on any atom is 0.311 e. The Morgan fingerprint density at radius 2 is 1.03 bits per heavy atom. The molecule has 2 fully saturated rings. The minimum absolute atomic E-state index is 0.197. The first-order valence-electron chi connectivity index (χ1n) is 30.4. The maximum absolute atomic E-state index is 13.7. The normalized spacial score (nSPS) is 15.3. The van der Waals surface area contributed by atoms with Gasteiger partial charge in [-0.15, -0.1) is 0 Å². The molecule has 4 amide bonds. The fourth-order valence-electron chi connectivity index (χ4n) is 12.2. The summed E-state index contributed by atoms with van der Waals surface area (Å²) in [5, 5.41) is 23.4. The second-order valence-electron chi connectivity index (χ2n) is 22.2. The molecule has 2 saturated carbocycles. The van der Waals surface area contributed by atoms with Gasteiger partial charge in [0, 0.05) is 121 Å². The standard InChI is InChI=1S/C36H40FN3O5.C34H38FN3O4/c1-5-40(6-2)30-21-31-28(32(35(42)38-4)33(45-31)22-15-17-25(37)18-16-22)20-27(30)23-11-10-12-24(19-23)34(41)39-29-14-9-8-13-26(29)36(43)44-7-3;1-4-38(5-2)28-21-29-27(30(33(40)36-3)31(42-29)22-11-13-25(35)14-12-22)20-26(28)23-9-8-10-24(19-23)32(39)37-18-17-34(41)15-6-7-16-34/h10-12,15-21,26,29H,5-9,13-14H2,1-4H3,(H,38,42)(H,39,41);8-14,19-21,41H,4-7,15-18H2,1-3H3,(H,36,40)(H,37,39). The number of fused-ring (bicyclic) bond motifs is 2. The van der Waals surface area contributed by atoms with Crippen LogP contribution in [0.2, 0.25) is 0 Å². The van der Waals surface area contributed by atoms with E-state index in [1.165, 1.54) is 24.3 Å². The summed E-state index contributed by atoms with van der Waals surface area (Å²) in [6.07, 6.45) is 7.43. The smallest absolute Gasteiger partial charge is 0.311 e. The second kappa shape index (κ2) is 28.1. The number of esters is 1. The molecule has 2 unspecified atom stereocenters. The number of nitrogens with one attached hydrogen (secondary N) is 4. The summed E-state index contributed by atoms with van der Waals surface area (Å²) in [4.78, 5) is 70.1. The largest absolute Gasteiger partial charge is 0.466 e. The van der Waals surface area contributed by atoms with Crippen molar-refractivity contribution in [3.8, 4) is 44.9 Å². The zero-order chi connectivity index (χ0) is 61.9. The Balaban J connectivity index is 0.000000208. The van der Waals surface area contributed by atoms with Crippen molar-refractivity contribution in [2.45, 2.75) is 104 Å². The number of anilines is 2. The molecule has 6 aromatic carbocycles. The van der Waals surface area contributed by atoms with Gasteiger partial charge in [-0.05, 0) is 163 Å². The molecule has 0 bridgehead atoms. The number of carbonyl (C=O) groups excluding carboxylic acids is 5. The average Bonchev–Trinajstić information content (AvgIpc) is 4.13. The van der Waals surface area contributed by atoms with Crippen LogP contribution in [0.5, 0.6) is 0 Å². The van der Waals surface area contributed by atoms with Gasteiger partial charge in [0.05, 0.1) is 29.3 Å². The van der Waals surface area contributed by atoms with Gasteiger partial charge in [-0.1, -0.05) is 49.9 Å². The van der Waals surface area contributed by atoms with Crippen LogP contribution in [0.4, 0.5) is 20.2 Å². The highest BCUT2D eigenvalue weighted by atomic mass is 19.1. The zero-order valence-electron chi connectivity index (χ0n) is 50.7. The predicted octanol–water partition coefficient (Wildman–Crippen LogP) is 13.5. The molecular weight excluding hydrogens is 1110 g/mol. The first-order valence-corrected chi connectivity index (χ1v) is 30.4. The summed E-state index contributed by atoms with van der Waals surface area (Å²) in [6, 6.07) is 34.0. The van der Waals surface area contributed by atoms with E-state index in [1.54, 1.807) is 57.4 Å². The number of nitrogens with zero attached hydrogens (tertiary/aromatic N) is 2. The van der Waals surface area contributed by atoms with Crippen LogP contribution in [0.25, 0.3) is 66.8 Å². The number of ether oxygens (including phenoxy) is 1. The summed E-state index contributed by atoms with van der Waals surface area (Å²) in [5.74, 6) is -1.76. The van der Waals surface area contributed by atoms with Gasteiger partial charge in [0.15, 0.2) is 0 Å². The molecule has 2 aromatic heterocycles. The highest BCUT2D eigenvalue weighted by Crippen LogP contribution is 2.44. The number of halogens is 2. The number of aliphatic hydroxyl groups is 1. The van der Waals surface area contributed by atoms with Gasteiger partial charge in [-0.25, -0.2) is 8.78 Å². The van der Waals surface area contributed by atoms with Gasteiger partial charge in [-0.2, -0.15) is 0 Å². The minimum atomic E-state index is -0.678. The zero-order valence-corrected chi connectivity index (χ0v) is 50.7. The molecule has 0 spiro atoms. The maximum atomic E-state index is 13.7. The molecule has 2 heterocycles. The van der Waals surface area contributed by atoms with Gasteiger partial charge in [0.25, 0.3) is 23.6 Å². The Kier molecular flexibility index (Phi) is 20.3. The van der Waals surface area contributed by atoms with Crippen molar-refractivity contribution in [1.29, 1.82) is 0 Å². The van der Waals surface area contributed by atoms with Crippen LogP contribution in [0.1, 0.15) is 134 Å². The number of furan rings is 2. The lowest BCUT2D eigenvalue weighted by Crippen LogP contribution is -2.45. The van der Waals surface area contributed by atoms with Crippen LogP contribution in [0.3, 0.4) is 0 Å². The summed E-state index contributed by atoms with van der Waals surface area (Å²) >= 11 is 0. The molecule has 8 aromatic rings. The first kappa shape index (κ1) is 62.7. The van der Waals surface area contributed by atoms with Crippen molar-refractivity contribution in [3.05, 3.63) is 155 Å². The van der Waals surface area contributed by atoms with E-state index < -0.39 is 5.60 Å². The Morgan fingerprint density at radius 3 is 1.48 bits per heavy atom. The third-order valence-electron chi connectivity index (χ3n) is 16.9. The lowest BCUT2D eigenvalue weighted by Gasteiger charge is -2.30. The van der Waals surface area contributed by atoms with Crippen molar-refractivity contribution in [3.63, 3.8) is 0 Å². The molecule has 17 heteroatoms. The molecule has 0 saturated heterocycles. The monoisotopic (exact) mass is 1180 g/mol. The lowest BCUT2D eigenvalue weighted by molar-refractivity contribution is -0.150. The van der Waals surface area contributed by atoms with Crippen molar-refractivity contribution in [1.82, 2.24) is 21.3 Å². The van der Waals surface area contributed by atoms with Crippen molar-refractivity contribution in [2.24, 2.45) is 5.92 Å². The molecule has 0 aliphatic heterocycles. The van der Waals surface area contributed by atoms with E-state index >= 15 is 0 Å². The Labute approximate surface area is 506 Å². The van der Waals surface area contributed by atoms with E-state index in [9.17, 15) is 37.9 Å². The number of amides is 4. The van der Waals surface area contributed by atoms with E-state index in [0.717, 1.165) is 105 Å². The Hall–Kier alpha value is -8.83. The van der Waals surface area contributed by atoms with Crippen molar-refractivity contribution < 1.29 is 51.4 Å². The van der Waals surface area contributed by atoms with Gasteiger partial charge in [0.2, 0.25) is 0 Å². The SMILES string of the molecule is CCN(CC)c1cc2oc(-c3ccc(F)cc3)c(C(=O)NC)c2cc1-c1cccc(C(=O)NCCC2(O)CCCC2)c1.CCOC(=O)C1CCCCC1NC(=O)c1cccc(-c2cc3c(C(=O)NC)c(-c4ccc(F)cc4)oc3cc2N(CC)CC)c1. The predicted molar refractivity (Wildman–Crippen MR) is 338 cm³/mol. The molecule has 0 radical (unpaired) electrons. The van der Waals surface area contributed by atoms with Crippen LogP contribution >= 0.6 is 0 Å². The van der Waals surface area contributed by atoms with Crippen LogP contribution < -0.4 is 31.1 Å². The highest BCUT2D eigenvalue weighted by Gasteiger charge is 2.34. The molecular formula is C70H78F2N6O9. The molecule has 87 heavy (non-hydrogen) atoms. The summed E-state index contributed by atoms with van der Waals surface area (Å²) in [6.45, 7) is 13.7. The summed E-state index contributed by atoms with van der Waals surface area (Å²) in [7, 11) is 3.12. The fraction of sp³-hybridized carbons (Fsp3) is 0.357. The minimum Gasteiger partial charge on any atom is -0.466 e. The topological polar surface area (TPSA) is 196 Å². The van der Waals surface area contributed by atoms with Gasteiger partial charge >= 0.3 is 5.97 Å². The van der Waals surface area contributed by atoms with E-state index in [2.05, 4.69) is 58.8 Å². The molecule has 15 nitrogen and oxygen atoms in total. The van der Waals surface area contributed by atoms with Crippen molar-refractivity contribution in [2.75, 3.05) is 63.2 Å². The quantitative estimate of drug-likeness (QED) is 0.0456. The second-order valence-corrected chi connectivity index (χ2v) is 22.2. The number of hydrogen-bond acceptors (Lipinski definition) is 11. The van der Waals surface area contributed by atoms with E-state index in [-0.39, 0.29) is 53.2 Å². The third kappa shape index (κ3) is 13.9. The first-order chi connectivity index (χ1) is 42.0. The number of rotatable bonds is 20. The van der Waals surface area contributed by atoms with Gasteiger partial charge < -0.3 is 49.7 Å². The summed E-state index contributed by atoms with van der Waals surface area (Å²) < 4.78 is 45.3. The third-order valence-corrected chi connectivity index (χ3v) is 16.9. The Bertz CT molecular complexity index is 3770.